The Morgan fingerprint density at radius 2 is 1.12 bits per heavy atom. The summed E-state index contributed by atoms with van der Waals surface area (Å²) in [5, 5.41) is 24.0. The molecule has 42 heavy (non-hydrogen) atoms. The van der Waals surface area contributed by atoms with Crippen molar-refractivity contribution < 1.29 is 0 Å². The van der Waals surface area contributed by atoms with Crippen molar-refractivity contribution in [3.8, 4) is 34.6 Å². The van der Waals surface area contributed by atoms with Gasteiger partial charge in [0, 0.05) is 45.2 Å². The Bertz CT molecular complexity index is 2420. The van der Waals surface area contributed by atoms with Crippen LogP contribution in [-0.2, 0) is 0 Å². The molecular formula is C36H20N6. The first-order chi connectivity index (χ1) is 20.7. The van der Waals surface area contributed by atoms with Crippen LogP contribution in [0.4, 0.5) is 0 Å². The molecule has 0 aliphatic carbocycles. The van der Waals surface area contributed by atoms with E-state index in [2.05, 4.69) is 104 Å². The SMILES string of the molecule is N#Cc1ncc(-c2ccc(-n3c4ccccc4c4cc5c6ccccc6n(-c6ccccc6)c5cc43)c(C#N)c2)cn1. The Kier molecular flexibility index (Phi) is 5.15. The van der Waals surface area contributed by atoms with Gasteiger partial charge in [0.05, 0.1) is 33.3 Å². The van der Waals surface area contributed by atoms with Crippen molar-refractivity contribution in [2.24, 2.45) is 0 Å². The van der Waals surface area contributed by atoms with Crippen molar-refractivity contribution in [1.29, 1.82) is 10.5 Å². The predicted octanol–water partition coefficient (Wildman–Crippen LogP) is 8.08. The van der Waals surface area contributed by atoms with E-state index in [1.807, 2.05) is 36.4 Å². The van der Waals surface area contributed by atoms with E-state index in [0.717, 1.165) is 55.3 Å². The molecule has 0 bridgehead atoms. The van der Waals surface area contributed by atoms with Gasteiger partial charge in [0.25, 0.3) is 0 Å². The molecule has 6 nitrogen and oxygen atoms in total. The van der Waals surface area contributed by atoms with Gasteiger partial charge < -0.3 is 9.13 Å². The molecule has 8 aromatic rings. The highest BCUT2D eigenvalue weighted by atomic mass is 15.0. The summed E-state index contributed by atoms with van der Waals surface area (Å²) in [6, 6.07) is 42.0. The van der Waals surface area contributed by atoms with Gasteiger partial charge >= 0.3 is 0 Å². The van der Waals surface area contributed by atoms with Gasteiger partial charge in [-0.05, 0) is 54.1 Å². The lowest BCUT2D eigenvalue weighted by atomic mass is 10.0. The number of nitrogens with zero attached hydrogens (tertiary/aromatic N) is 6. The molecule has 8 rings (SSSR count). The average molecular weight is 537 g/mol. The van der Waals surface area contributed by atoms with E-state index in [9.17, 15) is 5.26 Å². The minimum Gasteiger partial charge on any atom is -0.309 e. The van der Waals surface area contributed by atoms with Crippen molar-refractivity contribution >= 4 is 43.6 Å². The number of rotatable bonds is 3. The summed E-state index contributed by atoms with van der Waals surface area (Å²) in [5.74, 6) is 0.111. The molecule has 0 saturated carbocycles. The highest BCUT2D eigenvalue weighted by molar-refractivity contribution is 6.19. The molecule has 5 aromatic carbocycles. The third-order valence-electron chi connectivity index (χ3n) is 7.92. The Balaban J connectivity index is 1.44. The number of benzene rings is 5. The molecule has 3 heterocycles. The Morgan fingerprint density at radius 1 is 0.500 bits per heavy atom. The predicted molar refractivity (Wildman–Crippen MR) is 166 cm³/mol. The van der Waals surface area contributed by atoms with Crippen molar-refractivity contribution in [3.63, 3.8) is 0 Å². The molecule has 0 atom stereocenters. The molecule has 0 N–H and O–H groups in total. The van der Waals surface area contributed by atoms with Crippen LogP contribution in [0.25, 0.3) is 66.1 Å². The monoisotopic (exact) mass is 536 g/mol. The van der Waals surface area contributed by atoms with Crippen molar-refractivity contribution in [3.05, 3.63) is 133 Å². The fraction of sp³-hybridized carbons (Fsp3) is 0. The van der Waals surface area contributed by atoms with E-state index >= 15 is 0 Å². The van der Waals surface area contributed by atoms with E-state index in [0.29, 0.717) is 5.56 Å². The molecule has 3 aromatic heterocycles. The number of nitriles is 2. The zero-order valence-corrected chi connectivity index (χ0v) is 22.2. The van der Waals surface area contributed by atoms with Crippen LogP contribution < -0.4 is 0 Å². The lowest BCUT2D eigenvalue weighted by molar-refractivity contribution is 1.11. The van der Waals surface area contributed by atoms with Crippen LogP contribution >= 0.6 is 0 Å². The van der Waals surface area contributed by atoms with Gasteiger partial charge in [-0.2, -0.15) is 10.5 Å². The molecule has 0 unspecified atom stereocenters. The quantitative estimate of drug-likeness (QED) is 0.228. The average Bonchev–Trinajstić information content (AvgIpc) is 3.56. The van der Waals surface area contributed by atoms with Crippen LogP contribution in [0.1, 0.15) is 11.4 Å². The maximum atomic E-state index is 10.3. The van der Waals surface area contributed by atoms with E-state index in [1.54, 1.807) is 12.4 Å². The maximum absolute atomic E-state index is 10.3. The fourth-order valence-electron chi connectivity index (χ4n) is 6.08. The molecule has 0 aliphatic rings. The van der Waals surface area contributed by atoms with Crippen LogP contribution in [-0.4, -0.2) is 19.1 Å². The molecule has 0 amide bonds. The van der Waals surface area contributed by atoms with Crippen molar-refractivity contribution in [2.45, 2.75) is 0 Å². The summed E-state index contributed by atoms with van der Waals surface area (Å²) < 4.78 is 4.50. The van der Waals surface area contributed by atoms with E-state index in [1.165, 1.54) is 10.8 Å². The summed E-state index contributed by atoms with van der Waals surface area (Å²) >= 11 is 0. The Labute approximate surface area is 240 Å². The first-order valence-corrected chi connectivity index (χ1v) is 13.5. The second kappa shape index (κ2) is 9.16. The van der Waals surface area contributed by atoms with Gasteiger partial charge in [-0.25, -0.2) is 9.97 Å². The molecule has 0 saturated heterocycles. The van der Waals surface area contributed by atoms with Crippen LogP contribution in [0.15, 0.2) is 122 Å². The molecule has 6 heteroatoms. The van der Waals surface area contributed by atoms with Crippen LogP contribution in [0, 0.1) is 22.7 Å². The second-order valence-electron chi connectivity index (χ2n) is 10.2. The smallest absolute Gasteiger partial charge is 0.232 e. The standard InChI is InChI=1S/C36H20N6/c37-19-24-16-23(25-21-39-36(20-38)40-22-25)14-15-31(24)42-33-13-7-5-11-28(33)30-17-29-27-10-4-6-12-32(27)41(34(29)18-35(30)42)26-8-2-1-3-9-26/h1-18,21-22H. The van der Waals surface area contributed by atoms with E-state index in [-0.39, 0.29) is 5.82 Å². The highest BCUT2D eigenvalue weighted by Crippen LogP contribution is 2.40. The first kappa shape index (κ1) is 23.6. The van der Waals surface area contributed by atoms with Gasteiger partial charge in [-0.1, -0.05) is 60.7 Å². The summed E-state index contributed by atoms with van der Waals surface area (Å²) in [6.45, 7) is 0. The number of para-hydroxylation sites is 3. The minimum absolute atomic E-state index is 0.111. The minimum atomic E-state index is 0.111. The molecule has 0 spiro atoms. The topological polar surface area (TPSA) is 83.2 Å². The molecule has 0 aliphatic heterocycles. The second-order valence-corrected chi connectivity index (χ2v) is 10.2. The zero-order chi connectivity index (χ0) is 28.2. The zero-order valence-electron chi connectivity index (χ0n) is 22.2. The number of hydrogen-bond acceptors (Lipinski definition) is 4. The summed E-state index contributed by atoms with van der Waals surface area (Å²) in [5.41, 5.74) is 8.28. The van der Waals surface area contributed by atoms with Gasteiger partial charge in [0.15, 0.2) is 0 Å². The third-order valence-corrected chi connectivity index (χ3v) is 7.92. The lowest BCUT2D eigenvalue weighted by Crippen LogP contribution is -1.99. The van der Waals surface area contributed by atoms with Gasteiger partial charge in [0.2, 0.25) is 5.82 Å². The first-order valence-electron chi connectivity index (χ1n) is 13.5. The van der Waals surface area contributed by atoms with Crippen LogP contribution in [0.2, 0.25) is 0 Å². The van der Waals surface area contributed by atoms with E-state index in [4.69, 9.17) is 5.26 Å². The third kappa shape index (κ3) is 3.43. The summed E-state index contributed by atoms with van der Waals surface area (Å²) in [6.07, 6.45) is 3.22. The molecule has 194 valence electrons. The molecule has 0 fully saturated rings. The Morgan fingerprint density at radius 3 is 1.79 bits per heavy atom. The van der Waals surface area contributed by atoms with Crippen molar-refractivity contribution in [2.75, 3.05) is 0 Å². The number of fused-ring (bicyclic) bond motifs is 6. The van der Waals surface area contributed by atoms with Crippen LogP contribution in [0.5, 0.6) is 0 Å². The van der Waals surface area contributed by atoms with Gasteiger partial charge in [-0.3, -0.25) is 0 Å². The highest BCUT2D eigenvalue weighted by Gasteiger charge is 2.19. The number of hydrogen-bond donors (Lipinski definition) is 0. The molecule has 0 radical (unpaired) electrons. The normalized spacial score (nSPS) is 11.3. The fourth-order valence-corrected chi connectivity index (χ4v) is 6.08. The molecular weight excluding hydrogens is 516 g/mol. The van der Waals surface area contributed by atoms with Gasteiger partial charge in [0.1, 0.15) is 12.1 Å². The maximum Gasteiger partial charge on any atom is 0.232 e. The lowest BCUT2D eigenvalue weighted by Gasteiger charge is -2.12. The summed E-state index contributed by atoms with van der Waals surface area (Å²) in [4.78, 5) is 8.20. The number of aromatic nitrogens is 4. The Hall–Kier alpha value is -6.24. The van der Waals surface area contributed by atoms with E-state index < -0.39 is 0 Å². The summed E-state index contributed by atoms with van der Waals surface area (Å²) in [7, 11) is 0. The van der Waals surface area contributed by atoms with Crippen molar-refractivity contribution in [1.82, 2.24) is 19.1 Å². The van der Waals surface area contributed by atoms with Gasteiger partial charge in [-0.15, -0.1) is 0 Å². The largest absolute Gasteiger partial charge is 0.309 e. The van der Waals surface area contributed by atoms with Crippen LogP contribution in [0.3, 0.4) is 0 Å².